The molecule has 0 spiro atoms. The summed E-state index contributed by atoms with van der Waals surface area (Å²) in [5, 5.41) is 2.95. The van der Waals surface area contributed by atoms with Gasteiger partial charge in [0.25, 0.3) is 11.8 Å². The Morgan fingerprint density at radius 3 is 2.56 bits per heavy atom. The average Bonchev–Trinajstić information content (AvgIpc) is 3.02. The summed E-state index contributed by atoms with van der Waals surface area (Å²) in [6, 6.07) is 14.5. The lowest BCUT2D eigenvalue weighted by atomic mass is 9.95. The zero-order valence-electron chi connectivity index (χ0n) is 15.4. The number of likely N-dealkylation sites (N-methyl/N-ethyl adjacent to an activating group) is 1. The first-order chi connectivity index (χ1) is 13.0. The summed E-state index contributed by atoms with van der Waals surface area (Å²) in [6.07, 6.45) is 0.497. The lowest BCUT2D eigenvalue weighted by Gasteiger charge is -2.48. The van der Waals surface area contributed by atoms with E-state index in [1.54, 1.807) is 24.3 Å². The van der Waals surface area contributed by atoms with Crippen LogP contribution in [0.1, 0.15) is 35.7 Å². The number of nitrogens with zero attached hydrogens (tertiary/aromatic N) is 2. The van der Waals surface area contributed by atoms with Gasteiger partial charge in [0.2, 0.25) is 11.6 Å². The summed E-state index contributed by atoms with van der Waals surface area (Å²) in [5.41, 5.74) is 1.23. The van der Waals surface area contributed by atoms with Crippen LogP contribution in [0.25, 0.3) is 0 Å². The van der Waals surface area contributed by atoms with Gasteiger partial charge in [-0.25, -0.2) is 0 Å². The Balaban J connectivity index is 1.85. The van der Waals surface area contributed by atoms with Crippen molar-refractivity contribution in [2.45, 2.75) is 32.4 Å². The van der Waals surface area contributed by atoms with Crippen LogP contribution in [0.15, 0.2) is 48.5 Å². The normalized spacial score (nSPS) is 21.1. The first-order valence-electron chi connectivity index (χ1n) is 9.12. The van der Waals surface area contributed by atoms with E-state index >= 15 is 0 Å². The van der Waals surface area contributed by atoms with Crippen LogP contribution in [0.3, 0.4) is 0 Å². The van der Waals surface area contributed by atoms with Crippen molar-refractivity contribution >= 4 is 29.1 Å². The number of benzene rings is 2. The fourth-order valence-electron chi connectivity index (χ4n) is 4.14. The molecule has 1 N–H and O–H groups in total. The molecule has 6 heteroatoms. The largest absolute Gasteiger partial charge is 0.322 e. The Bertz CT molecular complexity index is 955. The third-order valence-electron chi connectivity index (χ3n) is 5.45. The fourth-order valence-corrected chi connectivity index (χ4v) is 4.14. The van der Waals surface area contributed by atoms with Crippen LogP contribution in [0, 0.1) is 6.92 Å². The number of anilines is 2. The zero-order chi connectivity index (χ0) is 19.2. The molecular weight excluding hydrogens is 342 g/mol. The van der Waals surface area contributed by atoms with Crippen molar-refractivity contribution in [1.82, 2.24) is 4.90 Å². The van der Waals surface area contributed by atoms with E-state index in [0.717, 1.165) is 5.56 Å². The van der Waals surface area contributed by atoms with Gasteiger partial charge >= 0.3 is 0 Å². The van der Waals surface area contributed by atoms with Crippen molar-refractivity contribution in [3.63, 3.8) is 0 Å². The number of amides is 3. The highest BCUT2D eigenvalue weighted by Gasteiger charge is 2.60. The van der Waals surface area contributed by atoms with Crippen molar-refractivity contribution in [3.8, 4) is 0 Å². The number of fused-ring (bicyclic) bond motifs is 3. The molecule has 2 aromatic rings. The molecule has 3 amide bonds. The van der Waals surface area contributed by atoms with E-state index in [-0.39, 0.29) is 30.6 Å². The molecule has 4 rings (SSSR count). The van der Waals surface area contributed by atoms with Crippen LogP contribution in [-0.2, 0) is 9.59 Å². The average molecular weight is 363 g/mol. The first-order valence-corrected chi connectivity index (χ1v) is 9.12. The minimum Gasteiger partial charge on any atom is -0.322 e. The second kappa shape index (κ2) is 6.23. The van der Waals surface area contributed by atoms with Gasteiger partial charge in [-0.2, -0.15) is 0 Å². The van der Waals surface area contributed by atoms with Crippen LogP contribution in [0.2, 0.25) is 0 Å². The number of carbonyl (C=O) groups excluding carboxylic acids is 3. The van der Waals surface area contributed by atoms with Gasteiger partial charge in [0, 0.05) is 25.1 Å². The van der Waals surface area contributed by atoms with E-state index in [0.29, 0.717) is 23.5 Å². The summed E-state index contributed by atoms with van der Waals surface area (Å²) >= 11 is 0. The zero-order valence-corrected chi connectivity index (χ0v) is 15.4. The highest BCUT2D eigenvalue weighted by Crippen LogP contribution is 2.44. The molecule has 1 atom stereocenters. The number of hydrogen-bond acceptors (Lipinski definition) is 3. The van der Waals surface area contributed by atoms with Gasteiger partial charge in [-0.05, 0) is 37.6 Å². The molecule has 138 valence electrons. The van der Waals surface area contributed by atoms with E-state index in [9.17, 15) is 14.4 Å². The van der Waals surface area contributed by atoms with E-state index in [4.69, 9.17) is 0 Å². The molecule has 1 saturated heterocycles. The first kappa shape index (κ1) is 17.3. The lowest BCUT2D eigenvalue weighted by molar-refractivity contribution is -0.128. The Hall–Kier alpha value is -3.15. The summed E-state index contributed by atoms with van der Waals surface area (Å²) in [5.74, 6) is -0.723. The minimum atomic E-state index is -1.33. The monoisotopic (exact) mass is 363 g/mol. The number of para-hydroxylation sites is 2. The Morgan fingerprint density at radius 1 is 1.11 bits per heavy atom. The third-order valence-corrected chi connectivity index (χ3v) is 5.45. The molecule has 27 heavy (non-hydrogen) atoms. The molecule has 2 aliphatic rings. The van der Waals surface area contributed by atoms with E-state index < -0.39 is 5.66 Å². The van der Waals surface area contributed by atoms with Crippen molar-refractivity contribution in [2.24, 2.45) is 0 Å². The Labute approximate surface area is 157 Å². The smallest absolute Gasteiger partial charge is 0.271 e. The number of nitrogens with one attached hydrogen (secondary N) is 1. The molecule has 0 radical (unpaired) electrons. The van der Waals surface area contributed by atoms with Crippen molar-refractivity contribution in [3.05, 3.63) is 59.7 Å². The second-order valence-electron chi connectivity index (χ2n) is 6.88. The molecule has 2 aliphatic heterocycles. The van der Waals surface area contributed by atoms with Gasteiger partial charge in [0.1, 0.15) is 0 Å². The van der Waals surface area contributed by atoms with Crippen molar-refractivity contribution in [1.29, 1.82) is 0 Å². The highest BCUT2D eigenvalue weighted by molar-refractivity contribution is 6.18. The van der Waals surface area contributed by atoms with Crippen molar-refractivity contribution in [2.75, 3.05) is 16.8 Å². The maximum atomic E-state index is 13.5. The van der Waals surface area contributed by atoms with E-state index in [1.165, 1.54) is 9.80 Å². The van der Waals surface area contributed by atoms with Gasteiger partial charge in [-0.1, -0.05) is 30.3 Å². The molecule has 1 unspecified atom stereocenters. The van der Waals surface area contributed by atoms with Gasteiger partial charge in [0.05, 0.1) is 11.3 Å². The molecule has 2 heterocycles. The Morgan fingerprint density at radius 2 is 1.81 bits per heavy atom. The van der Waals surface area contributed by atoms with Crippen LogP contribution in [0.4, 0.5) is 11.4 Å². The maximum Gasteiger partial charge on any atom is 0.271 e. The Kier molecular flexibility index (Phi) is 3.98. The molecule has 1 fully saturated rings. The summed E-state index contributed by atoms with van der Waals surface area (Å²) in [6.45, 7) is 4.07. The standard InChI is InChI=1S/C21H21N3O3/c1-3-23-19(26)15-9-5-7-11-17(15)24-18(25)12-13-21(23,24)20(27)22-16-10-6-4-8-14(16)2/h4-11H,3,12-13H2,1-2H3,(H,22,27). The molecule has 2 aromatic carbocycles. The van der Waals surface area contributed by atoms with Gasteiger partial charge in [0.15, 0.2) is 0 Å². The predicted molar refractivity (Wildman–Crippen MR) is 102 cm³/mol. The van der Waals surface area contributed by atoms with Crippen LogP contribution in [0.5, 0.6) is 0 Å². The highest BCUT2D eigenvalue weighted by atomic mass is 16.2. The fraction of sp³-hybridized carbons (Fsp3) is 0.286. The third kappa shape index (κ3) is 2.36. The maximum absolute atomic E-state index is 13.5. The van der Waals surface area contributed by atoms with Crippen LogP contribution < -0.4 is 10.2 Å². The molecule has 0 bridgehead atoms. The SMILES string of the molecule is CCN1C(=O)c2ccccc2N2C(=O)CCC12C(=O)Nc1ccccc1C. The number of rotatable bonds is 3. The minimum absolute atomic E-state index is 0.145. The second-order valence-corrected chi connectivity index (χ2v) is 6.88. The van der Waals surface area contributed by atoms with E-state index in [1.807, 2.05) is 38.1 Å². The number of aryl methyl sites for hydroxylation is 1. The number of carbonyl (C=O) groups is 3. The molecule has 0 saturated carbocycles. The summed E-state index contributed by atoms with van der Waals surface area (Å²) in [4.78, 5) is 42.4. The van der Waals surface area contributed by atoms with Gasteiger partial charge in [-0.3, -0.25) is 19.3 Å². The predicted octanol–water partition coefficient (Wildman–Crippen LogP) is 2.93. The lowest BCUT2D eigenvalue weighted by Crippen LogP contribution is -2.69. The topological polar surface area (TPSA) is 69.7 Å². The summed E-state index contributed by atoms with van der Waals surface area (Å²) in [7, 11) is 0. The van der Waals surface area contributed by atoms with Crippen LogP contribution >= 0.6 is 0 Å². The molecule has 0 aromatic heterocycles. The van der Waals surface area contributed by atoms with Crippen molar-refractivity contribution < 1.29 is 14.4 Å². The van der Waals surface area contributed by atoms with Gasteiger partial charge < -0.3 is 10.2 Å². The molecular formula is C21H21N3O3. The van der Waals surface area contributed by atoms with Crippen LogP contribution in [-0.4, -0.2) is 34.8 Å². The quantitative estimate of drug-likeness (QED) is 0.912. The molecule has 0 aliphatic carbocycles. The van der Waals surface area contributed by atoms with E-state index in [2.05, 4.69) is 5.32 Å². The molecule has 6 nitrogen and oxygen atoms in total. The van der Waals surface area contributed by atoms with Gasteiger partial charge in [-0.15, -0.1) is 0 Å². The summed E-state index contributed by atoms with van der Waals surface area (Å²) < 4.78 is 0. The number of hydrogen-bond donors (Lipinski definition) is 1.